The van der Waals surface area contributed by atoms with Gasteiger partial charge in [-0.15, -0.1) is 6.61 Å². The molecule has 0 fully saturated rings. The van der Waals surface area contributed by atoms with Crippen LogP contribution in [0.1, 0.15) is 42.4 Å². The molecular formula is C14H21LiO. The van der Waals surface area contributed by atoms with Crippen molar-refractivity contribution in [3.05, 3.63) is 34.9 Å². The van der Waals surface area contributed by atoms with Crippen LogP contribution in [0.3, 0.4) is 0 Å². The maximum atomic E-state index is 10.3. The average Bonchev–Trinajstić information content (AvgIpc) is 2.23. The Labute approximate surface area is 111 Å². The number of benzene rings is 1. The standard InChI is InChI=1S/C14H21O.Li/c1-12-8-9-13(2)14(11-12)7-5-3-4-6-10-15;/h8-9,11H,3-7,10H2,1-2H3;/q-1;+1. The van der Waals surface area contributed by atoms with Crippen LogP contribution in [0.5, 0.6) is 0 Å². The molecule has 0 unspecified atom stereocenters. The summed E-state index contributed by atoms with van der Waals surface area (Å²) in [4.78, 5) is 0. The first-order valence-electron chi connectivity index (χ1n) is 5.88. The van der Waals surface area contributed by atoms with E-state index in [-0.39, 0.29) is 25.5 Å². The Morgan fingerprint density at radius 3 is 2.38 bits per heavy atom. The number of hydrogen-bond acceptors (Lipinski definition) is 1. The zero-order chi connectivity index (χ0) is 11.1. The minimum absolute atomic E-state index is 0. The van der Waals surface area contributed by atoms with Gasteiger partial charge in [-0.05, 0) is 37.8 Å². The van der Waals surface area contributed by atoms with E-state index < -0.39 is 0 Å². The third kappa shape index (κ3) is 5.75. The van der Waals surface area contributed by atoms with Crippen LogP contribution in [0.2, 0.25) is 0 Å². The molecule has 1 aromatic carbocycles. The van der Waals surface area contributed by atoms with E-state index in [4.69, 9.17) is 0 Å². The molecule has 0 aromatic heterocycles. The van der Waals surface area contributed by atoms with Crippen LogP contribution in [0.4, 0.5) is 0 Å². The van der Waals surface area contributed by atoms with E-state index in [1.165, 1.54) is 29.5 Å². The first-order chi connectivity index (χ1) is 7.24. The van der Waals surface area contributed by atoms with E-state index in [0.29, 0.717) is 0 Å². The van der Waals surface area contributed by atoms with Gasteiger partial charge in [0.25, 0.3) is 0 Å². The molecule has 1 rings (SSSR count). The summed E-state index contributed by atoms with van der Waals surface area (Å²) in [6.45, 7) is 4.40. The summed E-state index contributed by atoms with van der Waals surface area (Å²) in [5.41, 5.74) is 4.21. The summed E-state index contributed by atoms with van der Waals surface area (Å²) in [5.74, 6) is 0. The van der Waals surface area contributed by atoms with Gasteiger partial charge in [0.2, 0.25) is 0 Å². The molecule has 0 amide bonds. The van der Waals surface area contributed by atoms with Crippen molar-refractivity contribution in [3.63, 3.8) is 0 Å². The van der Waals surface area contributed by atoms with E-state index in [1.807, 2.05) is 0 Å². The fourth-order valence-electron chi connectivity index (χ4n) is 1.84. The van der Waals surface area contributed by atoms with Crippen LogP contribution < -0.4 is 24.0 Å². The Morgan fingerprint density at radius 1 is 1.00 bits per heavy atom. The van der Waals surface area contributed by atoms with Gasteiger partial charge < -0.3 is 5.11 Å². The van der Waals surface area contributed by atoms with Crippen LogP contribution in [0.15, 0.2) is 18.2 Å². The fraction of sp³-hybridized carbons (Fsp3) is 0.571. The summed E-state index contributed by atoms with van der Waals surface area (Å²) >= 11 is 0. The zero-order valence-corrected chi connectivity index (χ0v) is 10.9. The van der Waals surface area contributed by atoms with Gasteiger partial charge in [-0.3, -0.25) is 0 Å². The molecule has 2 heteroatoms. The van der Waals surface area contributed by atoms with Gasteiger partial charge in [-0.25, -0.2) is 0 Å². The average molecular weight is 212 g/mol. The van der Waals surface area contributed by atoms with Gasteiger partial charge in [0.05, 0.1) is 0 Å². The monoisotopic (exact) mass is 212 g/mol. The van der Waals surface area contributed by atoms with E-state index >= 15 is 0 Å². The molecule has 0 bridgehead atoms. The molecule has 0 aliphatic heterocycles. The first-order valence-corrected chi connectivity index (χ1v) is 5.88. The number of rotatable bonds is 6. The molecule has 1 nitrogen and oxygen atoms in total. The number of hydrogen-bond donors (Lipinski definition) is 0. The Morgan fingerprint density at radius 2 is 1.69 bits per heavy atom. The Balaban J connectivity index is 0.00000225. The molecule has 84 valence electrons. The third-order valence-corrected chi connectivity index (χ3v) is 2.85. The van der Waals surface area contributed by atoms with Crippen molar-refractivity contribution in [1.82, 2.24) is 0 Å². The maximum Gasteiger partial charge on any atom is 1.00 e. The van der Waals surface area contributed by atoms with Crippen molar-refractivity contribution in [3.8, 4) is 0 Å². The zero-order valence-electron chi connectivity index (χ0n) is 10.9. The fourth-order valence-corrected chi connectivity index (χ4v) is 1.84. The Kier molecular flexibility index (Phi) is 8.75. The second kappa shape index (κ2) is 8.88. The molecule has 1 aromatic rings. The van der Waals surface area contributed by atoms with Gasteiger partial charge >= 0.3 is 18.9 Å². The van der Waals surface area contributed by atoms with Crippen molar-refractivity contribution in [2.75, 3.05) is 6.61 Å². The molecule has 0 saturated heterocycles. The van der Waals surface area contributed by atoms with Crippen LogP contribution in [0.25, 0.3) is 0 Å². The van der Waals surface area contributed by atoms with Crippen LogP contribution in [0, 0.1) is 13.8 Å². The van der Waals surface area contributed by atoms with E-state index in [0.717, 1.165) is 19.3 Å². The van der Waals surface area contributed by atoms with Crippen LogP contribution in [-0.2, 0) is 6.42 Å². The van der Waals surface area contributed by atoms with Crippen LogP contribution >= 0.6 is 0 Å². The van der Waals surface area contributed by atoms with Crippen molar-refractivity contribution in [2.45, 2.75) is 46.0 Å². The molecule has 0 atom stereocenters. The largest absolute Gasteiger partial charge is 1.00 e. The molecule has 0 saturated carbocycles. The van der Waals surface area contributed by atoms with Gasteiger partial charge in [0.15, 0.2) is 0 Å². The van der Waals surface area contributed by atoms with Crippen molar-refractivity contribution < 1.29 is 24.0 Å². The molecule has 0 heterocycles. The molecule has 16 heavy (non-hydrogen) atoms. The van der Waals surface area contributed by atoms with E-state index in [1.54, 1.807) is 0 Å². The van der Waals surface area contributed by atoms with Crippen LogP contribution in [-0.4, -0.2) is 6.61 Å². The predicted molar refractivity (Wildman–Crippen MR) is 63.0 cm³/mol. The maximum absolute atomic E-state index is 10.3. The predicted octanol–water partition coefficient (Wildman–Crippen LogP) is -0.229. The van der Waals surface area contributed by atoms with E-state index in [2.05, 4.69) is 32.0 Å². The topological polar surface area (TPSA) is 23.1 Å². The molecule has 0 radical (unpaired) electrons. The Bertz CT molecular complexity index is 297. The van der Waals surface area contributed by atoms with Crippen molar-refractivity contribution >= 4 is 0 Å². The summed E-state index contributed by atoms with van der Waals surface area (Å²) in [6.07, 6.45) is 5.49. The quantitative estimate of drug-likeness (QED) is 0.472. The molecule has 0 aliphatic carbocycles. The van der Waals surface area contributed by atoms with E-state index in [9.17, 15) is 5.11 Å². The summed E-state index contributed by atoms with van der Waals surface area (Å²) < 4.78 is 0. The second-order valence-corrected chi connectivity index (χ2v) is 4.30. The van der Waals surface area contributed by atoms with Crippen molar-refractivity contribution in [1.29, 1.82) is 0 Å². The molecular weight excluding hydrogens is 191 g/mol. The SMILES string of the molecule is Cc1ccc(C)c(CCCCCC[O-])c1.[Li+]. The van der Waals surface area contributed by atoms with Gasteiger partial charge in [-0.2, -0.15) is 0 Å². The molecule has 0 aliphatic rings. The second-order valence-electron chi connectivity index (χ2n) is 4.30. The van der Waals surface area contributed by atoms with Crippen molar-refractivity contribution in [2.24, 2.45) is 0 Å². The minimum Gasteiger partial charge on any atom is -0.854 e. The molecule has 0 N–H and O–H groups in total. The van der Waals surface area contributed by atoms with Gasteiger partial charge in [0.1, 0.15) is 0 Å². The minimum atomic E-state index is 0. The molecule has 0 spiro atoms. The third-order valence-electron chi connectivity index (χ3n) is 2.85. The summed E-state index contributed by atoms with van der Waals surface area (Å²) in [7, 11) is 0. The first kappa shape index (κ1) is 15.8. The number of aryl methyl sites for hydroxylation is 3. The smallest absolute Gasteiger partial charge is 0.854 e. The van der Waals surface area contributed by atoms with Gasteiger partial charge in [0, 0.05) is 0 Å². The van der Waals surface area contributed by atoms with Gasteiger partial charge in [-0.1, -0.05) is 43.0 Å². The Hall–Kier alpha value is -0.223. The number of unbranched alkanes of at least 4 members (excludes halogenated alkanes) is 3. The summed E-state index contributed by atoms with van der Waals surface area (Å²) in [6, 6.07) is 6.64. The summed E-state index contributed by atoms with van der Waals surface area (Å²) in [5, 5.41) is 10.3. The normalized spacial score (nSPS) is 9.94.